The average Bonchev–Trinajstić information content (AvgIpc) is 2.18. The second kappa shape index (κ2) is 6.03. The number of nitrogens with one attached hydrogen (secondary N) is 1. The van der Waals surface area contributed by atoms with Crippen LogP contribution in [0.2, 0.25) is 0 Å². The van der Waals surface area contributed by atoms with Crippen LogP contribution < -0.4 is 4.72 Å². The van der Waals surface area contributed by atoms with Gasteiger partial charge in [0.05, 0.1) is 0 Å². The minimum atomic E-state index is -3.28. The van der Waals surface area contributed by atoms with Gasteiger partial charge >= 0.3 is 0 Å². The maximum Gasteiger partial charge on any atom is 0.279 e. The molecule has 0 saturated carbocycles. The summed E-state index contributed by atoms with van der Waals surface area (Å²) in [6, 6.07) is 0.118. The minimum absolute atomic E-state index is 0.118. The SMILES string of the molecule is CC1CCCCN1S(=O)(=O)NCCCCl. The Morgan fingerprint density at radius 1 is 1.47 bits per heavy atom. The zero-order valence-corrected chi connectivity index (χ0v) is 10.6. The Balaban J connectivity index is 2.51. The molecule has 0 radical (unpaired) electrons. The van der Waals surface area contributed by atoms with Gasteiger partial charge in [0.2, 0.25) is 0 Å². The fraction of sp³-hybridized carbons (Fsp3) is 1.00. The molecule has 0 aromatic heterocycles. The van der Waals surface area contributed by atoms with Gasteiger partial charge in [0.25, 0.3) is 10.2 Å². The van der Waals surface area contributed by atoms with Crippen LogP contribution in [0.3, 0.4) is 0 Å². The normalized spacial score (nSPS) is 24.3. The molecule has 1 N–H and O–H groups in total. The molecule has 90 valence electrons. The van der Waals surface area contributed by atoms with Crippen molar-refractivity contribution in [3.05, 3.63) is 0 Å². The smallest absolute Gasteiger partial charge is 0.202 e. The van der Waals surface area contributed by atoms with Crippen molar-refractivity contribution in [2.24, 2.45) is 0 Å². The van der Waals surface area contributed by atoms with Crippen LogP contribution in [0.25, 0.3) is 0 Å². The maximum atomic E-state index is 11.8. The van der Waals surface area contributed by atoms with E-state index in [2.05, 4.69) is 4.72 Å². The van der Waals surface area contributed by atoms with E-state index in [1.807, 2.05) is 6.92 Å². The molecule has 4 nitrogen and oxygen atoms in total. The minimum Gasteiger partial charge on any atom is -0.202 e. The predicted octanol–water partition coefficient (Wildman–Crippen LogP) is 1.32. The maximum absolute atomic E-state index is 11.8. The second-order valence-corrected chi connectivity index (χ2v) is 5.98. The zero-order valence-electron chi connectivity index (χ0n) is 9.08. The molecule has 0 aromatic carbocycles. The molecule has 0 amide bonds. The van der Waals surface area contributed by atoms with Gasteiger partial charge in [-0.15, -0.1) is 11.6 Å². The highest BCUT2D eigenvalue weighted by Gasteiger charge is 2.28. The van der Waals surface area contributed by atoms with Crippen molar-refractivity contribution in [2.75, 3.05) is 19.0 Å². The molecule has 0 aliphatic carbocycles. The first-order valence-electron chi connectivity index (χ1n) is 5.40. The lowest BCUT2D eigenvalue weighted by molar-refractivity contribution is 0.265. The monoisotopic (exact) mass is 254 g/mol. The molecule has 6 heteroatoms. The van der Waals surface area contributed by atoms with Gasteiger partial charge in [0.1, 0.15) is 0 Å². The first-order chi connectivity index (χ1) is 7.08. The van der Waals surface area contributed by atoms with Gasteiger partial charge in [-0.3, -0.25) is 0 Å². The first-order valence-corrected chi connectivity index (χ1v) is 7.38. The van der Waals surface area contributed by atoms with Gasteiger partial charge in [0.15, 0.2) is 0 Å². The van der Waals surface area contributed by atoms with Crippen LogP contribution in [0, 0.1) is 0 Å². The van der Waals surface area contributed by atoms with E-state index in [1.54, 1.807) is 4.31 Å². The van der Waals surface area contributed by atoms with Crippen LogP contribution in [-0.2, 0) is 10.2 Å². The molecule has 1 atom stereocenters. The van der Waals surface area contributed by atoms with E-state index in [0.717, 1.165) is 19.3 Å². The summed E-state index contributed by atoms with van der Waals surface area (Å²) in [6.45, 7) is 3.02. The fourth-order valence-electron chi connectivity index (χ4n) is 1.78. The molecule has 1 heterocycles. The van der Waals surface area contributed by atoms with E-state index >= 15 is 0 Å². The van der Waals surface area contributed by atoms with Crippen molar-refractivity contribution in [3.63, 3.8) is 0 Å². The van der Waals surface area contributed by atoms with Crippen molar-refractivity contribution < 1.29 is 8.42 Å². The van der Waals surface area contributed by atoms with Gasteiger partial charge in [-0.05, 0) is 26.2 Å². The Morgan fingerprint density at radius 2 is 2.20 bits per heavy atom. The number of nitrogens with zero attached hydrogens (tertiary/aromatic N) is 1. The summed E-state index contributed by atoms with van der Waals surface area (Å²) in [4.78, 5) is 0. The van der Waals surface area contributed by atoms with E-state index in [9.17, 15) is 8.42 Å². The van der Waals surface area contributed by atoms with E-state index in [4.69, 9.17) is 11.6 Å². The molecule has 1 aliphatic heterocycles. The molecule has 1 fully saturated rings. The molecule has 1 rings (SSSR count). The van der Waals surface area contributed by atoms with Gasteiger partial charge in [-0.1, -0.05) is 6.42 Å². The second-order valence-electron chi connectivity index (χ2n) is 3.90. The largest absolute Gasteiger partial charge is 0.279 e. The van der Waals surface area contributed by atoms with Gasteiger partial charge in [0, 0.05) is 25.0 Å². The third-order valence-corrected chi connectivity index (χ3v) is 4.64. The summed E-state index contributed by atoms with van der Waals surface area (Å²) in [5.74, 6) is 0.484. The fourth-order valence-corrected chi connectivity index (χ4v) is 3.43. The Morgan fingerprint density at radius 3 is 2.80 bits per heavy atom. The Bertz CT molecular complexity index is 282. The molecule has 1 unspecified atom stereocenters. The molecule has 0 bridgehead atoms. The molecular weight excluding hydrogens is 236 g/mol. The average molecular weight is 255 g/mol. The number of hydrogen-bond acceptors (Lipinski definition) is 2. The van der Waals surface area contributed by atoms with E-state index in [1.165, 1.54) is 0 Å². The number of halogens is 1. The summed E-state index contributed by atoms with van der Waals surface area (Å²) >= 11 is 5.50. The van der Waals surface area contributed by atoms with Gasteiger partial charge in [-0.25, -0.2) is 4.72 Å². The Hall–Kier alpha value is 0.160. The molecule has 0 aromatic rings. The van der Waals surface area contributed by atoms with Gasteiger partial charge < -0.3 is 0 Å². The summed E-state index contributed by atoms with van der Waals surface area (Å²) in [7, 11) is -3.28. The summed E-state index contributed by atoms with van der Waals surface area (Å²) in [5, 5.41) is 0. The lowest BCUT2D eigenvalue weighted by atomic mass is 10.1. The summed E-state index contributed by atoms with van der Waals surface area (Å²) in [6.07, 6.45) is 3.70. The van der Waals surface area contributed by atoms with Crippen LogP contribution in [0.15, 0.2) is 0 Å². The predicted molar refractivity (Wildman–Crippen MR) is 62.3 cm³/mol. The summed E-state index contributed by atoms with van der Waals surface area (Å²) in [5.41, 5.74) is 0. The van der Waals surface area contributed by atoms with Crippen LogP contribution in [0.4, 0.5) is 0 Å². The molecular formula is C9H19ClN2O2S. The topological polar surface area (TPSA) is 49.4 Å². The number of alkyl halides is 1. The van der Waals surface area contributed by atoms with Gasteiger partial charge in [-0.2, -0.15) is 12.7 Å². The molecule has 0 spiro atoms. The number of rotatable bonds is 5. The Kier molecular flexibility index (Phi) is 5.32. The number of piperidine rings is 1. The van der Waals surface area contributed by atoms with Crippen LogP contribution >= 0.6 is 11.6 Å². The van der Waals surface area contributed by atoms with Crippen LogP contribution in [-0.4, -0.2) is 37.7 Å². The van der Waals surface area contributed by atoms with Crippen molar-refractivity contribution in [3.8, 4) is 0 Å². The van der Waals surface area contributed by atoms with Crippen LogP contribution in [0.1, 0.15) is 32.6 Å². The standard InChI is InChI=1S/C9H19ClN2O2S/c1-9-5-2-3-8-12(9)15(13,14)11-7-4-6-10/h9,11H,2-8H2,1H3. The molecule has 1 aliphatic rings. The molecule has 1 saturated heterocycles. The van der Waals surface area contributed by atoms with Crippen LogP contribution in [0.5, 0.6) is 0 Å². The van der Waals surface area contributed by atoms with E-state index in [0.29, 0.717) is 25.4 Å². The third kappa shape index (κ3) is 3.90. The van der Waals surface area contributed by atoms with Crippen molar-refractivity contribution in [1.82, 2.24) is 9.03 Å². The van der Waals surface area contributed by atoms with E-state index < -0.39 is 10.2 Å². The van der Waals surface area contributed by atoms with E-state index in [-0.39, 0.29) is 6.04 Å². The van der Waals surface area contributed by atoms with Crippen molar-refractivity contribution >= 4 is 21.8 Å². The zero-order chi connectivity index (χ0) is 11.3. The van der Waals surface area contributed by atoms with Crippen molar-refractivity contribution in [1.29, 1.82) is 0 Å². The highest BCUT2D eigenvalue weighted by molar-refractivity contribution is 7.87. The quantitative estimate of drug-likeness (QED) is 0.594. The van der Waals surface area contributed by atoms with Crippen molar-refractivity contribution in [2.45, 2.75) is 38.6 Å². The lowest BCUT2D eigenvalue weighted by Crippen LogP contribution is -2.48. The third-order valence-electron chi connectivity index (χ3n) is 2.65. The number of hydrogen-bond donors (Lipinski definition) is 1. The Labute approximate surface area is 97.2 Å². The molecule has 15 heavy (non-hydrogen) atoms. The summed E-state index contributed by atoms with van der Waals surface area (Å²) < 4.78 is 27.8. The highest BCUT2D eigenvalue weighted by Crippen LogP contribution is 2.18. The highest BCUT2D eigenvalue weighted by atomic mass is 35.5. The lowest BCUT2D eigenvalue weighted by Gasteiger charge is -2.32. The first kappa shape index (κ1) is 13.2.